The largest absolute Gasteiger partial charge is 0.496 e. The minimum absolute atomic E-state index is 0.246. The molecule has 0 atom stereocenters. The summed E-state index contributed by atoms with van der Waals surface area (Å²) < 4.78 is 11.1. The van der Waals surface area contributed by atoms with Gasteiger partial charge in [0.25, 0.3) is 0 Å². The average molecular weight is 447 g/mol. The molecule has 0 radical (unpaired) electrons. The predicted molar refractivity (Wildman–Crippen MR) is 132 cm³/mol. The van der Waals surface area contributed by atoms with Crippen molar-refractivity contribution in [3.63, 3.8) is 0 Å². The van der Waals surface area contributed by atoms with Crippen molar-refractivity contribution >= 4 is 23.0 Å². The SMILES string of the molecule is CNc1cnc(Nc2ccc(C3CCNCC3)cc2OC)nc1C(=N)c1ccccc1OC. The molecule has 1 aromatic heterocycles. The molecule has 1 fully saturated rings. The molecule has 0 spiro atoms. The van der Waals surface area contributed by atoms with Gasteiger partial charge in [-0.2, -0.15) is 0 Å². The van der Waals surface area contributed by atoms with E-state index in [1.165, 1.54) is 5.56 Å². The van der Waals surface area contributed by atoms with Crippen LogP contribution in [0.5, 0.6) is 11.5 Å². The number of aromatic nitrogens is 2. The molecule has 0 bridgehead atoms. The van der Waals surface area contributed by atoms with Crippen LogP contribution in [-0.4, -0.2) is 50.0 Å². The monoisotopic (exact) mass is 446 g/mol. The Balaban J connectivity index is 1.63. The van der Waals surface area contributed by atoms with Crippen LogP contribution in [0.25, 0.3) is 0 Å². The van der Waals surface area contributed by atoms with E-state index in [0.717, 1.165) is 37.4 Å². The first-order valence-electron chi connectivity index (χ1n) is 11.1. The normalized spacial score (nSPS) is 13.9. The van der Waals surface area contributed by atoms with Gasteiger partial charge in [-0.1, -0.05) is 18.2 Å². The standard InChI is InChI=1S/C25H30N6O2/c1-27-20-15-29-25(31-24(20)23(26)18-6-4-5-7-21(18)32-2)30-19-9-8-17(14-22(19)33-3)16-10-12-28-13-11-16/h4-9,14-16,26-28H,10-13H2,1-3H3,(H,29,30,31). The minimum Gasteiger partial charge on any atom is -0.496 e. The number of hydrogen-bond donors (Lipinski definition) is 4. The fraction of sp³-hybridized carbons (Fsp3) is 0.320. The van der Waals surface area contributed by atoms with E-state index in [0.29, 0.717) is 34.6 Å². The molecule has 1 saturated heterocycles. The molecule has 1 aliphatic heterocycles. The minimum atomic E-state index is 0.246. The lowest BCUT2D eigenvalue weighted by molar-refractivity contribution is 0.413. The lowest BCUT2D eigenvalue weighted by Gasteiger charge is -2.24. The number of piperidine rings is 1. The van der Waals surface area contributed by atoms with Gasteiger partial charge < -0.3 is 25.4 Å². The molecule has 8 heteroatoms. The van der Waals surface area contributed by atoms with Crippen LogP contribution in [0, 0.1) is 5.41 Å². The summed E-state index contributed by atoms with van der Waals surface area (Å²) in [6.07, 6.45) is 3.92. The number of rotatable bonds is 8. The summed E-state index contributed by atoms with van der Waals surface area (Å²) in [5.74, 6) is 2.28. The molecule has 0 saturated carbocycles. The second kappa shape index (κ2) is 10.3. The summed E-state index contributed by atoms with van der Waals surface area (Å²) in [7, 11) is 5.05. The number of para-hydroxylation sites is 1. The van der Waals surface area contributed by atoms with E-state index in [1.807, 2.05) is 30.3 Å². The fourth-order valence-electron chi connectivity index (χ4n) is 4.14. The first-order chi connectivity index (χ1) is 16.1. The lowest BCUT2D eigenvalue weighted by atomic mass is 9.90. The van der Waals surface area contributed by atoms with Crippen molar-refractivity contribution < 1.29 is 9.47 Å². The molecule has 0 amide bonds. The summed E-state index contributed by atoms with van der Waals surface area (Å²) in [6.45, 7) is 2.08. The molecule has 2 aromatic carbocycles. The zero-order valence-corrected chi connectivity index (χ0v) is 19.2. The van der Waals surface area contributed by atoms with Gasteiger partial charge in [0, 0.05) is 12.6 Å². The van der Waals surface area contributed by atoms with Gasteiger partial charge in [-0.25, -0.2) is 9.97 Å². The Morgan fingerprint density at radius 2 is 1.79 bits per heavy atom. The highest BCUT2D eigenvalue weighted by molar-refractivity contribution is 6.14. The molecular weight excluding hydrogens is 416 g/mol. The molecule has 33 heavy (non-hydrogen) atoms. The van der Waals surface area contributed by atoms with Gasteiger partial charge in [-0.15, -0.1) is 0 Å². The smallest absolute Gasteiger partial charge is 0.228 e. The topological polar surface area (TPSA) is 104 Å². The number of anilines is 3. The molecule has 2 heterocycles. The van der Waals surface area contributed by atoms with Gasteiger partial charge >= 0.3 is 0 Å². The maximum Gasteiger partial charge on any atom is 0.228 e. The van der Waals surface area contributed by atoms with Crippen molar-refractivity contribution in [3.05, 3.63) is 65.5 Å². The maximum atomic E-state index is 8.79. The van der Waals surface area contributed by atoms with Crippen molar-refractivity contribution in [2.45, 2.75) is 18.8 Å². The van der Waals surface area contributed by atoms with Gasteiger partial charge in [-0.05, 0) is 61.7 Å². The molecule has 1 aliphatic rings. The van der Waals surface area contributed by atoms with Crippen molar-refractivity contribution in [1.82, 2.24) is 15.3 Å². The third-order valence-corrected chi connectivity index (χ3v) is 5.95. The molecule has 4 N–H and O–H groups in total. The van der Waals surface area contributed by atoms with Gasteiger partial charge in [0.1, 0.15) is 17.2 Å². The highest BCUT2D eigenvalue weighted by Crippen LogP contribution is 2.34. The van der Waals surface area contributed by atoms with Crippen LogP contribution in [-0.2, 0) is 0 Å². The number of benzene rings is 2. The third-order valence-electron chi connectivity index (χ3n) is 5.95. The summed E-state index contributed by atoms with van der Waals surface area (Å²) in [6, 6.07) is 13.7. The van der Waals surface area contributed by atoms with Crippen LogP contribution in [0.2, 0.25) is 0 Å². The maximum absolute atomic E-state index is 8.79. The zero-order valence-electron chi connectivity index (χ0n) is 19.2. The van der Waals surface area contributed by atoms with E-state index in [4.69, 9.17) is 14.9 Å². The molecule has 4 rings (SSSR count). The number of hydrogen-bond acceptors (Lipinski definition) is 8. The Bertz CT molecular complexity index is 1130. The summed E-state index contributed by atoms with van der Waals surface area (Å²) in [5.41, 5.74) is 4.10. The number of nitrogens with zero attached hydrogens (tertiary/aromatic N) is 2. The van der Waals surface area contributed by atoms with Crippen molar-refractivity contribution in [1.29, 1.82) is 5.41 Å². The summed E-state index contributed by atoms with van der Waals surface area (Å²) in [5, 5.41) is 18.5. The van der Waals surface area contributed by atoms with E-state index >= 15 is 0 Å². The Labute approximate surface area is 194 Å². The van der Waals surface area contributed by atoms with E-state index in [2.05, 4.69) is 38.1 Å². The quantitative estimate of drug-likeness (QED) is 0.385. The molecule has 0 unspecified atom stereocenters. The van der Waals surface area contributed by atoms with Crippen LogP contribution in [0.4, 0.5) is 17.3 Å². The number of ether oxygens (including phenoxy) is 2. The fourth-order valence-corrected chi connectivity index (χ4v) is 4.14. The second-order valence-electron chi connectivity index (χ2n) is 7.89. The summed E-state index contributed by atoms with van der Waals surface area (Å²) in [4.78, 5) is 9.08. The van der Waals surface area contributed by atoms with Crippen LogP contribution in [0.1, 0.15) is 35.6 Å². The first-order valence-corrected chi connectivity index (χ1v) is 11.1. The van der Waals surface area contributed by atoms with Gasteiger partial charge in [-0.3, -0.25) is 5.41 Å². The number of methoxy groups -OCH3 is 2. The van der Waals surface area contributed by atoms with Gasteiger partial charge in [0.05, 0.1) is 37.5 Å². The highest BCUT2D eigenvalue weighted by Gasteiger charge is 2.19. The van der Waals surface area contributed by atoms with Crippen LogP contribution in [0.15, 0.2) is 48.7 Å². The molecule has 3 aromatic rings. The molecule has 172 valence electrons. The Kier molecular flexibility index (Phi) is 7.04. The molecule has 8 nitrogen and oxygen atoms in total. The van der Waals surface area contributed by atoms with Crippen LogP contribution >= 0.6 is 0 Å². The molecule has 0 aliphatic carbocycles. The highest BCUT2D eigenvalue weighted by atomic mass is 16.5. The Hall–Kier alpha value is -3.65. The third kappa shape index (κ3) is 4.90. The van der Waals surface area contributed by atoms with E-state index in [9.17, 15) is 0 Å². The van der Waals surface area contributed by atoms with E-state index in [-0.39, 0.29) is 5.71 Å². The average Bonchev–Trinajstić information content (AvgIpc) is 2.88. The Morgan fingerprint density at radius 3 is 2.52 bits per heavy atom. The van der Waals surface area contributed by atoms with E-state index < -0.39 is 0 Å². The zero-order chi connectivity index (χ0) is 23.2. The lowest BCUT2D eigenvalue weighted by Crippen LogP contribution is -2.26. The van der Waals surface area contributed by atoms with Crippen molar-refractivity contribution in [2.24, 2.45) is 0 Å². The Morgan fingerprint density at radius 1 is 1.03 bits per heavy atom. The summed E-state index contributed by atoms with van der Waals surface area (Å²) >= 11 is 0. The predicted octanol–water partition coefficient (Wildman–Crippen LogP) is 4.16. The van der Waals surface area contributed by atoms with Crippen molar-refractivity contribution in [2.75, 3.05) is 45.0 Å². The van der Waals surface area contributed by atoms with Crippen LogP contribution < -0.4 is 25.4 Å². The van der Waals surface area contributed by atoms with Crippen molar-refractivity contribution in [3.8, 4) is 11.5 Å². The first kappa shape index (κ1) is 22.5. The van der Waals surface area contributed by atoms with Gasteiger partial charge in [0.2, 0.25) is 5.95 Å². The number of nitrogens with one attached hydrogen (secondary N) is 4. The van der Waals surface area contributed by atoms with Crippen LogP contribution in [0.3, 0.4) is 0 Å². The second-order valence-corrected chi connectivity index (χ2v) is 7.89. The molecular formula is C25H30N6O2. The van der Waals surface area contributed by atoms with Gasteiger partial charge in [0.15, 0.2) is 0 Å². The van der Waals surface area contributed by atoms with E-state index in [1.54, 1.807) is 27.5 Å².